The van der Waals surface area contributed by atoms with Crippen LogP contribution >= 0.6 is 11.6 Å². The van der Waals surface area contributed by atoms with Crippen LogP contribution in [-0.4, -0.2) is 22.2 Å². The Bertz CT molecular complexity index is 464. The first-order valence-corrected chi connectivity index (χ1v) is 5.05. The van der Waals surface area contributed by atoms with E-state index in [2.05, 4.69) is 0 Å². The fraction of sp³-hybridized carbons (Fsp3) is 0.300. The van der Waals surface area contributed by atoms with Crippen LogP contribution in [0.25, 0.3) is 0 Å². The van der Waals surface area contributed by atoms with Crippen LogP contribution in [0.5, 0.6) is 0 Å². The number of hydrogen-bond donors (Lipinski definition) is 3. The summed E-state index contributed by atoms with van der Waals surface area (Å²) in [6.07, 6.45) is -6.44. The molecular formula is C10H9ClF3NO3. The second-order valence-electron chi connectivity index (χ2n) is 3.54. The van der Waals surface area contributed by atoms with E-state index in [9.17, 15) is 23.1 Å². The number of rotatable bonds is 3. The number of carbonyl (C=O) groups is 1. The van der Waals surface area contributed by atoms with Gasteiger partial charge in [0.1, 0.15) is 12.1 Å². The first-order valence-electron chi connectivity index (χ1n) is 4.67. The standard InChI is InChI=1S/C10H9ClF3NO3/c11-6-2-1-4(10(12,13)14)3-5(6)8(16)7(15)9(17)18/h1-3,7-8,16H,15H2,(H,17,18). The molecule has 1 rings (SSSR count). The predicted molar refractivity (Wildman–Crippen MR) is 57.0 cm³/mol. The molecule has 0 bridgehead atoms. The lowest BCUT2D eigenvalue weighted by Gasteiger charge is -2.18. The van der Waals surface area contributed by atoms with Crippen LogP contribution in [0, 0.1) is 0 Å². The molecule has 4 nitrogen and oxygen atoms in total. The average molecular weight is 284 g/mol. The third-order valence-electron chi connectivity index (χ3n) is 2.27. The van der Waals surface area contributed by atoms with E-state index >= 15 is 0 Å². The summed E-state index contributed by atoms with van der Waals surface area (Å²) in [7, 11) is 0. The number of carboxylic acid groups (broad SMARTS) is 1. The number of carboxylic acids is 1. The highest BCUT2D eigenvalue weighted by Crippen LogP contribution is 2.34. The van der Waals surface area contributed by atoms with Gasteiger partial charge in [0.15, 0.2) is 0 Å². The van der Waals surface area contributed by atoms with Crippen LogP contribution in [-0.2, 0) is 11.0 Å². The summed E-state index contributed by atoms with van der Waals surface area (Å²) in [6.45, 7) is 0. The van der Waals surface area contributed by atoms with Crippen molar-refractivity contribution in [3.8, 4) is 0 Å². The van der Waals surface area contributed by atoms with Gasteiger partial charge in [-0.2, -0.15) is 13.2 Å². The monoisotopic (exact) mass is 283 g/mol. The van der Waals surface area contributed by atoms with Crippen molar-refractivity contribution >= 4 is 17.6 Å². The highest BCUT2D eigenvalue weighted by Gasteiger charge is 2.33. The zero-order valence-corrected chi connectivity index (χ0v) is 9.53. The molecule has 0 spiro atoms. The second-order valence-corrected chi connectivity index (χ2v) is 3.95. The maximum atomic E-state index is 12.5. The van der Waals surface area contributed by atoms with Crippen molar-refractivity contribution in [1.29, 1.82) is 0 Å². The van der Waals surface area contributed by atoms with Gasteiger partial charge in [-0.05, 0) is 18.2 Å². The van der Waals surface area contributed by atoms with Crippen molar-refractivity contribution < 1.29 is 28.2 Å². The number of benzene rings is 1. The summed E-state index contributed by atoms with van der Waals surface area (Å²) in [5.41, 5.74) is 3.71. The largest absolute Gasteiger partial charge is 0.480 e. The summed E-state index contributed by atoms with van der Waals surface area (Å²) in [4.78, 5) is 10.6. The summed E-state index contributed by atoms with van der Waals surface area (Å²) in [5, 5.41) is 18.0. The summed E-state index contributed by atoms with van der Waals surface area (Å²) in [6, 6.07) is 0.476. The molecule has 1 aromatic rings. The van der Waals surface area contributed by atoms with Gasteiger partial charge in [0.25, 0.3) is 0 Å². The fourth-order valence-electron chi connectivity index (χ4n) is 1.28. The van der Waals surface area contributed by atoms with Gasteiger partial charge in [0, 0.05) is 10.6 Å². The molecule has 0 saturated heterocycles. The number of aliphatic hydroxyl groups excluding tert-OH is 1. The van der Waals surface area contributed by atoms with Crippen molar-refractivity contribution in [3.63, 3.8) is 0 Å². The van der Waals surface area contributed by atoms with E-state index in [1.54, 1.807) is 0 Å². The van der Waals surface area contributed by atoms with Gasteiger partial charge in [-0.15, -0.1) is 0 Å². The Morgan fingerprint density at radius 3 is 2.39 bits per heavy atom. The highest BCUT2D eigenvalue weighted by atomic mass is 35.5. The lowest BCUT2D eigenvalue weighted by Crippen LogP contribution is -2.36. The fourth-order valence-corrected chi connectivity index (χ4v) is 1.50. The molecule has 18 heavy (non-hydrogen) atoms. The molecule has 100 valence electrons. The molecule has 0 fully saturated rings. The summed E-state index contributed by atoms with van der Waals surface area (Å²) >= 11 is 5.61. The predicted octanol–water partition coefficient (Wildman–Crippen LogP) is 1.80. The van der Waals surface area contributed by atoms with E-state index < -0.39 is 29.9 Å². The van der Waals surface area contributed by atoms with Crippen LogP contribution in [0.4, 0.5) is 13.2 Å². The SMILES string of the molecule is NC(C(=O)O)C(O)c1cc(C(F)(F)F)ccc1Cl. The maximum Gasteiger partial charge on any atom is 0.416 e. The van der Waals surface area contributed by atoms with E-state index in [4.69, 9.17) is 22.4 Å². The van der Waals surface area contributed by atoms with E-state index in [1.807, 2.05) is 0 Å². The van der Waals surface area contributed by atoms with Gasteiger partial charge >= 0.3 is 12.1 Å². The van der Waals surface area contributed by atoms with Gasteiger partial charge < -0.3 is 15.9 Å². The third kappa shape index (κ3) is 3.12. The Hall–Kier alpha value is -1.31. The summed E-state index contributed by atoms with van der Waals surface area (Å²) in [5.74, 6) is -1.55. The minimum atomic E-state index is -4.62. The molecule has 8 heteroatoms. The Kier molecular flexibility index (Phi) is 4.20. The van der Waals surface area contributed by atoms with E-state index in [0.717, 1.165) is 12.1 Å². The Morgan fingerprint density at radius 2 is 1.94 bits per heavy atom. The Balaban J connectivity index is 3.20. The minimum absolute atomic E-state index is 0.188. The molecule has 0 saturated carbocycles. The molecule has 2 atom stereocenters. The molecule has 0 heterocycles. The molecule has 1 aromatic carbocycles. The average Bonchev–Trinajstić information content (AvgIpc) is 2.26. The number of aliphatic carboxylic acids is 1. The van der Waals surface area contributed by atoms with Gasteiger partial charge in [0.05, 0.1) is 5.56 Å². The number of nitrogens with two attached hydrogens (primary N) is 1. The number of hydrogen-bond acceptors (Lipinski definition) is 3. The minimum Gasteiger partial charge on any atom is -0.480 e. The van der Waals surface area contributed by atoms with Crippen molar-refractivity contribution in [1.82, 2.24) is 0 Å². The lowest BCUT2D eigenvalue weighted by atomic mass is 10.0. The number of alkyl halides is 3. The van der Waals surface area contributed by atoms with Gasteiger partial charge in [-0.1, -0.05) is 11.6 Å². The zero-order valence-electron chi connectivity index (χ0n) is 8.78. The molecule has 0 aromatic heterocycles. The van der Waals surface area contributed by atoms with Crippen LogP contribution in [0.1, 0.15) is 17.2 Å². The first-order chi connectivity index (χ1) is 8.14. The normalized spacial score (nSPS) is 15.2. The first kappa shape index (κ1) is 14.7. The van der Waals surface area contributed by atoms with Gasteiger partial charge in [-0.3, -0.25) is 4.79 Å². The molecule has 0 aliphatic carbocycles. The van der Waals surface area contributed by atoms with Crippen molar-refractivity contribution in [2.45, 2.75) is 18.3 Å². The quantitative estimate of drug-likeness (QED) is 0.790. The maximum absolute atomic E-state index is 12.5. The molecule has 0 aliphatic rings. The van der Waals surface area contributed by atoms with Crippen molar-refractivity contribution in [2.75, 3.05) is 0 Å². The van der Waals surface area contributed by atoms with Crippen LogP contribution in [0.15, 0.2) is 18.2 Å². The van der Waals surface area contributed by atoms with Crippen LogP contribution in [0.3, 0.4) is 0 Å². The molecule has 0 radical (unpaired) electrons. The smallest absolute Gasteiger partial charge is 0.416 e. The second kappa shape index (κ2) is 5.13. The van der Waals surface area contributed by atoms with Crippen LogP contribution < -0.4 is 5.73 Å². The lowest BCUT2D eigenvalue weighted by molar-refractivity contribution is -0.141. The van der Waals surface area contributed by atoms with Crippen molar-refractivity contribution in [3.05, 3.63) is 34.3 Å². The number of aliphatic hydroxyl groups is 1. The molecular weight excluding hydrogens is 275 g/mol. The number of halogens is 4. The summed E-state index contributed by atoms with van der Waals surface area (Å²) < 4.78 is 37.4. The molecule has 2 unspecified atom stereocenters. The van der Waals surface area contributed by atoms with Gasteiger partial charge in [0.2, 0.25) is 0 Å². The molecule has 4 N–H and O–H groups in total. The zero-order chi connectivity index (χ0) is 14.1. The van der Waals surface area contributed by atoms with E-state index in [-0.39, 0.29) is 10.6 Å². The topological polar surface area (TPSA) is 83.6 Å². The van der Waals surface area contributed by atoms with Crippen LogP contribution in [0.2, 0.25) is 5.02 Å². The van der Waals surface area contributed by atoms with Gasteiger partial charge in [-0.25, -0.2) is 0 Å². The highest BCUT2D eigenvalue weighted by molar-refractivity contribution is 6.31. The molecule has 0 amide bonds. The van der Waals surface area contributed by atoms with E-state index in [0.29, 0.717) is 6.07 Å². The molecule has 0 aliphatic heterocycles. The van der Waals surface area contributed by atoms with Crippen molar-refractivity contribution in [2.24, 2.45) is 5.73 Å². The Labute approximate surface area is 105 Å². The van der Waals surface area contributed by atoms with E-state index in [1.165, 1.54) is 0 Å². The Morgan fingerprint density at radius 1 is 1.39 bits per heavy atom. The third-order valence-corrected chi connectivity index (χ3v) is 2.61.